The van der Waals surface area contributed by atoms with Crippen LogP contribution >= 0.6 is 11.8 Å². The molecule has 172 valence electrons. The van der Waals surface area contributed by atoms with Gasteiger partial charge in [-0.1, -0.05) is 42.1 Å². The van der Waals surface area contributed by atoms with E-state index in [0.29, 0.717) is 38.9 Å². The van der Waals surface area contributed by atoms with E-state index < -0.39 is 23.4 Å². The summed E-state index contributed by atoms with van der Waals surface area (Å²) in [5.74, 6) is -0.764. The third-order valence-corrected chi connectivity index (χ3v) is 5.77. The maximum atomic E-state index is 12.6. The van der Waals surface area contributed by atoms with Crippen molar-refractivity contribution >= 4 is 46.1 Å². The molecule has 9 nitrogen and oxygen atoms in total. The Balaban J connectivity index is 1.36. The number of oxazole rings is 1. The van der Waals surface area contributed by atoms with Crippen molar-refractivity contribution in [2.75, 3.05) is 11.9 Å². The number of non-ortho nitro benzene ring substituents is 1. The first-order chi connectivity index (χ1) is 16.4. The largest absolute Gasteiger partial charge is 0.452 e. The average molecular weight is 477 g/mol. The monoisotopic (exact) mass is 477 g/mol. The lowest BCUT2D eigenvalue weighted by molar-refractivity contribution is -0.384. The molecular weight excluding hydrogens is 458 g/mol. The minimum absolute atomic E-state index is 0.0748. The maximum absolute atomic E-state index is 12.6. The van der Waals surface area contributed by atoms with Gasteiger partial charge in [-0.05, 0) is 42.3 Å². The van der Waals surface area contributed by atoms with Crippen LogP contribution in [0.25, 0.3) is 11.1 Å². The SMILES string of the molecule is Cc1cc([N+](=O)[O-])ccc1NC(=O)COC(=O)c1ccccc1CSc1nc2ccccc2o1. The summed E-state index contributed by atoms with van der Waals surface area (Å²) < 4.78 is 10.9. The van der Waals surface area contributed by atoms with E-state index >= 15 is 0 Å². The number of nitrogens with zero attached hydrogens (tertiary/aromatic N) is 2. The lowest BCUT2D eigenvalue weighted by Crippen LogP contribution is -2.21. The van der Waals surface area contributed by atoms with Crippen molar-refractivity contribution in [2.24, 2.45) is 0 Å². The highest BCUT2D eigenvalue weighted by atomic mass is 32.2. The zero-order valence-electron chi connectivity index (χ0n) is 18.0. The zero-order valence-corrected chi connectivity index (χ0v) is 18.8. The van der Waals surface area contributed by atoms with E-state index in [2.05, 4.69) is 10.3 Å². The lowest BCUT2D eigenvalue weighted by Gasteiger charge is -2.10. The molecule has 1 amide bonds. The normalized spacial score (nSPS) is 10.7. The minimum atomic E-state index is -0.635. The van der Waals surface area contributed by atoms with Gasteiger partial charge in [-0.3, -0.25) is 14.9 Å². The number of carbonyl (C=O) groups excluding carboxylic acids is 2. The molecule has 0 aliphatic heterocycles. The number of hydrogen-bond donors (Lipinski definition) is 1. The van der Waals surface area contributed by atoms with Crippen LogP contribution in [-0.4, -0.2) is 28.4 Å². The number of esters is 1. The molecule has 0 bridgehead atoms. The number of para-hydroxylation sites is 2. The van der Waals surface area contributed by atoms with Crippen LogP contribution in [-0.2, 0) is 15.3 Å². The number of carbonyl (C=O) groups is 2. The molecule has 0 atom stereocenters. The van der Waals surface area contributed by atoms with Crippen LogP contribution in [0, 0.1) is 17.0 Å². The van der Waals surface area contributed by atoms with E-state index in [0.717, 1.165) is 5.52 Å². The van der Waals surface area contributed by atoms with Crippen LogP contribution in [0.5, 0.6) is 0 Å². The van der Waals surface area contributed by atoms with Gasteiger partial charge in [0.05, 0.1) is 10.5 Å². The third-order valence-electron chi connectivity index (χ3n) is 4.89. The Hall–Kier alpha value is -4.18. The van der Waals surface area contributed by atoms with Crippen LogP contribution in [0.15, 0.2) is 76.4 Å². The first kappa shape index (κ1) is 23.0. The zero-order chi connectivity index (χ0) is 24.1. The number of fused-ring (bicyclic) bond motifs is 1. The fourth-order valence-corrected chi connectivity index (χ4v) is 4.04. The Labute approximate surface area is 198 Å². The second-order valence-corrected chi connectivity index (χ2v) is 8.20. The summed E-state index contributed by atoms with van der Waals surface area (Å²) in [6.45, 7) is 1.14. The molecule has 0 saturated heterocycles. The van der Waals surface area contributed by atoms with Gasteiger partial charge in [0.1, 0.15) is 5.52 Å². The van der Waals surface area contributed by atoms with Crippen LogP contribution in [0.4, 0.5) is 11.4 Å². The van der Waals surface area contributed by atoms with Gasteiger partial charge in [-0.15, -0.1) is 0 Å². The van der Waals surface area contributed by atoms with Gasteiger partial charge in [0.15, 0.2) is 12.2 Å². The van der Waals surface area contributed by atoms with Gasteiger partial charge >= 0.3 is 5.97 Å². The highest BCUT2D eigenvalue weighted by molar-refractivity contribution is 7.98. The fourth-order valence-electron chi connectivity index (χ4n) is 3.19. The highest BCUT2D eigenvalue weighted by Gasteiger charge is 2.16. The Kier molecular flexibility index (Phi) is 6.88. The topological polar surface area (TPSA) is 125 Å². The smallest absolute Gasteiger partial charge is 0.338 e. The van der Waals surface area contributed by atoms with Crippen molar-refractivity contribution in [2.45, 2.75) is 17.9 Å². The van der Waals surface area contributed by atoms with Gasteiger partial charge in [0.25, 0.3) is 16.8 Å². The van der Waals surface area contributed by atoms with Crippen LogP contribution < -0.4 is 5.32 Å². The Morgan fingerprint density at radius 1 is 1.12 bits per heavy atom. The van der Waals surface area contributed by atoms with Crippen LogP contribution in [0.1, 0.15) is 21.5 Å². The number of anilines is 1. The molecule has 0 radical (unpaired) electrons. The first-order valence-electron chi connectivity index (χ1n) is 10.2. The molecule has 1 N–H and O–H groups in total. The van der Waals surface area contributed by atoms with Gasteiger partial charge in [0, 0.05) is 23.6 Å². The molecule has 0 saturated carbocycles. The summed E-state index contributed by atoms with van der Waals surface area (Å²) in [6.07, 6.45) is 0. The number of amides is 1. The maximum Gasteiger partial charge on any atom is 0.338 e. The van der Waals surface area contributed by atoms with Crippen molar-refractivity contribution in [1.82, 2.24) is 4.98 Å². The molecule has 34 heavy (non-hydrogen) atoms. The summed E-state index contributed by atoms with van der Waals surface area (Å²) in [4.78, 5) is 39.6. The summed E-state index contributed by atoms with van der Waals surface area (Å²) in [7, 11) is 0. The molecular formula is C24H19N3O6S. The minimum Gasteiger partial charge on any atom is -0.452 e. The predicted molar refractivity (Wildman–Crippen MR) is 127 cm³/mol. The number of nitro benzene ring substituents is 1. The molecule has 1 heterocycles. The number of aromatic nitrogens is 1. The average Bonchev–Trinajstić information content (AvgIpc) is 3.25. The van der Waals surface area contributed by atoms with Crippen LogP contribution in [0.2, 0.25) is 0 Å². The second kappa shape index (κ2) is 10.2. The van der Waals surface area contributed by atoms with E-state index in [1.807, 2.05) is 30.3 Å². The highest BCUT2D eigenvalue weighted by Crippen LogP contribution is 2.27. The second-order valence-electron chi connectivity index (χ2n) is 7.27. The number of hydrogen-bond acceptors (Lipinski definition) is 8. The number of nitro groups is 1. The summed E-state index contributed by atoms with van der Waals surface area (Å²) in [6, 6.07) is 18.5. The van der Waals surface area contributed by atoms with E-state index in [4.69, 9.17) is 9.15 Å². The summed E-state index contributed by atoms with van der Waals surface area (Å²) >= 11 is 1.35. The van der Waals surface area contributed by atoms with Crippen molar-refractivity contribution in [3.05, 3.63) is 93.5 Å². The van der Waals surface area contributed by atoms with Gasteiger partial charge in [-0.25, -0.2) is 9.78 Å². The number of benzene rings is 3. The fraction of sp³-hybridized carbons (Fsp3) is 0.125. The summed E-state index contributed by atoms with van der Waals surface area (Å²) in [5, 5.41) is 13.9. The lowest BCUT2D eigenvalue weighted by atomic mass is 10.1. The molecule has 0 spiro atoms. The Morgan fingerprint density at radius 2 is 1.88 bits per heavy atom. The number of nitrogens with one attached hydrogen (secondary N) is 1. The predicted octanol–water partition coefficient (Wildman–Crippen LogP) is 5.13. The molecule has 4 rings (SSSR count). The van der Waals surface area contributed by atoms with Crippen LogP contribution in [0.3, 0.4) is 0 Å². The summed E-state index contributed by atoms with van der Waals surface area (Å²) in [5.41, 5.74) is 3.35. The van der Waals surface area contributed by atoms with E-state index in [1.54, 1.807) is 25.1 Å². The standard InChI is InChI=1S/C24H19N3O6S/c1-15-12-17(27(30)31)10-11-19(15)25-22(28)13-32-23(29)18-7-3-2-6-16(18)14-34-24-26-20-8-4-5-9-21(20)33-24/h2-12H,13-14H2,1H3,(H,25,28). The molecule has 4 aromatic rings. The van der Waals surface area contributed by atoms with Gasteiger partial charge in [0.2, 0.25) is 0 Å². The number of ether oxygens (including phenoxy) is 1. The van der Waals surface area contributed by atoms with E-state index in [9.17, 15) is 19.7 Å². The van der Waals surface area contributed by atoms with Crippen molar-refractivity contribution in [3.63, 3.8) is 0 Å². The molecule has 1 aromatic heterocycles. The Bertz CT molecular complexity index is 1350. The molecule has 0 unspecified atom stereocenters. The first-order valence-corrected chi connectivity index (χ1v) is 11.2. The molecule has 3 aromatic carbocycles. The Morgan fingerprint density at radius 3 is 2.65 bits per heavy atom. The number of aryl methyl sites for hydroxylation is 1. The van der Waals surface area contributed by atoms with E-state index in [1.165, 1.54) is 30.0 Å². The molecule has 0 fully saturated rings. The quantitative estimate of drug-likeness (QED) is 0.160. The van der Waals surface area contributed by atoms with Gasteiger partial charge < -0.3 is 14.5 Å². The van der Waals surface area contributed by atoms with Gasteiger partial charge in [-0.2, -0.15) is 0 Å². The number of rotatable bonds is 8. The van der Waals surface area contributed by atoms with Crippen molar-refractivity contribution in [1.29, 1.82) is 0 Å². The van der Waals surface area contributed by atoms with Crippen molar-refractivity contribution < 1.29 is 23.7 Å². The van der Waals surface area contributed by atoms with Crippen molar-refractivity contribution in [3.8, 4) is 0 Å². The molecule has 0 aliphatic carbocycles. The molecule has 0 aliphatic rings. The third kappa shape index (κ3) is 5.41. The molecule has 10 heteroatoms. The van der Waals surface area contributed by atoms with E-state index in [-0.39, 0.29) is 5.69 Å². The number of thioether (sulfide) groups is 1.